The lowest BCUT2D eigenvalue weighted by atomic mass is 10.3. The van der Waals surface area contributed by atoms with Crippen molar-refractivity contribution in [3.63, 3.8) is 0 Å². The van der Waals surface area contributed by atoms with Gasteiger partial charge in [0, 0.05) is 11.8 Å². The van der Waals surface area contributed by atoms with E-state index in [2.05, 4.69) is 15.5 Å². The minimum atomic E-state index is -0.236. The molecule has 1 amide bonds. The molecule has 1 aromatic heterocycles. The van der Waals surface area contributed by atoms with Crippen LogP contribution >= 0.6 is 0 Å². The standard InChI is InChI=1S/C12H13N3O2/c1-9-7-11(15-14-9)13-12(16)8-17-10-5-3-2-4-6-10/h2-7H,8H2,1H3,(H2,13,14,15,16). The van der Waals surface area contributed by atoms with Gasteiger partial charge >= 0.3 is 0 Å². The number of aromatic amines is 1. The van der Waals surface area contributed by atoms with Crippen LogP contribution < -0.4 is 10.1 Å². The maximum absolute atomic E-state index is 11.5. The average molecular weight is 231 g/mol. The normalized spacial score (nSPS) is 9.94. The van der Waals surface area contributed by atoms with Gasteiger partial charge in [0.2, 0.25) is 0 Å². The van der Waals surface area contributed by atoms with Crippen LogP contribution in [0.15, 0.2) is 36.4 Å². The molecule has 0 atom stereocenters. The van der Waals surface area contributed by atoms with Crippen LogP contribution in [0.3, 0.4) is 0 Å². The quantitative estimate of drug-likeness (QED) is 0.842. The van der Waals surface area contributed by atoms with Gasteiger partial charge in [-0.05, 0) is 19.1 Å². The molecule has 17 heavy (non-hydrogen) atoms. The van der Waals surface area contributed by atoms with Crippen LogP contribution in [0.4, 0.5) is 5.82 Å². The summed E-state index contributed by atoms with van der Waals surface area (Å²) >= 11 is 0. The number of carbonyl (C=O) groups excluding carboxylic acids is 1. The fourth-order valence-electron chi connectivity index (χ4n) is 1.33. The van der Waals surface area contributed by atoms with Crippen molar-refractivity contribution in [3.05, 3.63) is 42.1 Å². The van der Waals surface area contributed by atoms with Crippen molar-refractivity contribution >= 4 is 11.7 Å². The number of aromatic nitrogens is 2. The highest BCUT2D eigenvalue weighted by atomic mass is 16.5. The van der Waals surface area contributed by atoms with Gasteiger partial charge in [0.25, 0.3) is 5.91 Å². The Morgan fingerprint density at radius 2 is 2.18 bits per heavy atom. The number of amides is 1. The second-order valence-electron chi connectivity index (χ2n) is 3.59. The molecule has 0 unspecified atom stereocenters. The van der Waals surface area contributed by atoms with Gasteiger partial charge in [-0.2, -0.15) is 5.10 Å². The molecule has 0 aliphatic rings. The molecule has 0 saturated carbocycles. The minimum Gasteiger partial charge on any atom is -0.484 e. The molecule has 0 saturated heterocycles. The molecule has 88 valence electrons. The number of ether oxygens (including phenoxy) is 1. The Bertz CT molecular complexity index is 493. The van der Waals surface area contributed by atoms with Gasteiger partial charge < -0.3 is 10.1 Å². The summed E-state index contributed by atoms with van der Waals surface area (Å²) in [6.45, 7) is 1.83. The van der Waals surface area contributed by atoms with Crippen molar-refractivity contribution in [1.29, 1.82) is 0 Å². The summed E-state index contributed by atoms with van der Waals surface area (Å²) in [5, 5.41) is 9.27. The van der Waals surface area contributed by atoms with Crippen LogP contribution in [-0.4, -0.2) is 22.7 Å². The number of aryl methyl sites for hydroxylation is 1. The first-order valence-corrected chi connectivity index (χ1v) is 5.24. The number of benzene rings is 1. The zero-order valence-electron chi connectivity index (χ0n) is 9.43. The van der Waals surface area contributed by atoms with Gasteiger partial charge in [-0.3, -0.25) is 9.89 Å². The second kappa shape index (κ2) is 5.16. The number of nitrogens with one attached hydrogen (secondary N) is 2. The molecule has 1 aromatic carbocycles. The third-order valence-corrected chi connectivity index (χ3v) is 2.09. The molecule has 1 heterocycles. The molecule has 0 spiro atoms. The Kier molecular flexibility index (Phi) is 3.40. The number of carbonyl (C=O) groups is 1. The Morgan fingerprint density at radius 3 is 2.82 bits per heavy atom. The van der Waals surface area contributed by atoms with Crippen LogP contribution in [0, 0.1) is 6.92 Å². The topological polar surface area (TPSA) is 67.0 Å². The molecule has 2 aromatic rings. The summed E-state index contributed by atoms with van der Waals surface area (Å²) in [5.41, 5.74) is 0.893. The molecule has 0 radical (unpaired) electrons. The van der Waals surface area contributed by atoms with E-state index in [1.54, 1.807) is 18.2 Å². The van der Waals surface area contributed by atoms with E-state index in [4.69, 9.17) is 4.74 Å². The van der Waals surface area contributed by atoms with Crippen molar-refractivity contribution in [1.82, 2.24) is 10.2 Å². The second-order valence-corrected chi connectivity index (χ2v) is 3.59. The molecular formula is C12H13N3O2. The largest absolute Gasteiger partial charge is 0.484 e. The first kappa shape index (κ1) is 11.2. The van der Waals surface area contributed by atoms with Crippen molar-refractivity contribution in [2.45, 2.75) is 6.92 Å². The number of rotatable bonds is 4. The van der Waals surface area contributed by atoms with Gasteiger partial charge in [0.15, 0.2) is 12.4 Å². The lowest BCUT2D eigenvalue weighted by molar-refractivity contribution is -0.118. The Morgan fingerprint density at radius 1 is 1.41 bits per heavy atom. The smallest absolute Gasteiger partial charge is 0.263 e. The van der Waals surface area contributed by atoms with Gasteiger partial charge in [-0.15, -0.1) is 0 Å². The van der Waals surface area contributed by atoms with E-state index < -0.39 is 0 Å². The molecule has 2 rings (SSSR count). The van der Waals surface area contributed by atoms with E-state index in [9.17, 15) is 4.79 Å². The van der Waals surface area contributed by atoms with Crippen LogP contribution in [0.2, 0.25) is 0 Å². The lowest BCUT2D eigenvalue weighted by Gasteiger charge is -2.05. The first-order chi connectivity index (χ1) is 8.24. The maximum atomic E-state index is 11.5. The Hall–Kier alpha value is -2.30. The molecule has 0 bridgehead atoms. The number of hydrogen-bond acceptors (Lipinski definition) is 3. The fraction of sp³-hybridized carbons (Fsp3) is 0.167. The summed E-state index contributed by atoms with van der Waals surface area (Å²) < 4.78 is 5.30. The van der Waals surface area contributed by atoms with Gasteiger partial charge in [-0.25, -0.2) is 0 Å². The number of H-pyrrole nitrogens is 1. The molecule has 0 aliphatic carbocycles. The van der Waals surface area contributed by atoms with Crippen molar-refractivity contribution < 1.29 is 9.53 Å². The van der Waals surface area contributed by atoms with Crippen LogP contribution in [0.5, 0.6) is 5.75 Å². The third-order valence-electron chi connectivity index (χ3n) is 2.09. The summed E-state index contributed by atoms with van der Waals surface area (Å²) in [7, 11) is 0. The van der Waals surface area contributed by atoms with E-state index in [1.807, 2.05) is 25.1 Å². The Balaban J connectivity index is 1.82. The van der Waals surface area contributed by atoms with E-state index in [-0.39, 0.29) is 12.5 Å². The fourth-order valence-corrected chi connectivity index (χ4v) is 1.33. The predicted octanol–water partition coefficient (Wildman–Crippen LogP) is 1.74. The van der Waals surface area contributed by atoms with Crippen LogP contribution in [0.1, 0.15) is 5.69 Å². The predicted molar refractivity (Wildman–Crippen MR) is 63.9 cm³/mol. The molecule has 2 N–H and O–H groups in total. The van der Waals surface area contributed by atoms with E-state index in [0.717, 1.165) is 5.69 Å². The average Bonchev–Trinajstić information content (AvgIpc) is 2.73. The highest BCUT2D eigenvalue weighted by molar-refractivity contribution is 5.90. The van der Waals surface area contributed by atoms with Gasteiger partial charge in [-0.1, -0.05) is 18.2 Å². The zero-order valence-corrected chi connectivity index (χ0v) is 9.43. The van der Waals surface area contributed by atoms with Gasteiger partial charge in [0.05, 0.1) is 0 Å². The number of para-hydroxylation sites is 1. The summed E-state index contributed by atoms with van der Waals surface area (Å²) in [6, 6.07) is 10.9. The van der Waals surface area contributed by atoms with Crippen molar-refractivity contribution in [2.24, 2.45) is 0 Å². The lowest BCUT2D eigenvalue weighted by Crippen LogP contribution is -2.20. The number of hydrogen-bond donors (Lipinski definition) is 2. The third kappa shape index (κ3) is 3.34. The Labute approximate surface area is 98.8 Å². The molecule has 5 nitrogen and oxygen atoms in total. The number of anilines is 1. The highest BCUT2D eigenvalue weighted by Gasteiger charge is 2.05. The van der Waals surface area contributed by atoms with Crippen molar-refractivity contribution in [3.8, 4) is 5.75 Å². The van der Waals surface area contributed by atoms with Gasteiger partial charge in [0.1, 0.15) is 5.75 Å². The zero-order chi connectivity index (χ0) is 12.1. The highest BCUT2D eigenvalue weighted by Crippen LogP contribution is 2.08. The summed E-state index contributed by atoms with van der Waals surface area (Å²) in [5.74, 6) is 0.936. The monoisotopic (exact) mass is 231 g/mol. The van der Waals surface area contributed by atoms with E-state index in [1.165, 1.54) is 0 Å². The van der Waals surface area contributed by atoms with Crippen LogP contribution in [-0.2, 0) is 4.79 Å². The van der Waals surface area contributed by atoms with Crippen molar-refractivity contribution in [2.75, 3.05) is 11.9 Å². The summed E-state index contributed by atoms with van der Waals surface area (Å²) in [6.07, 6.45) is 0. The minimum absolute atomic E-state index is 0.0318. The molecular weight excluding hydrogens is 218 g/mol. The molecule has 0 aliphatic heterocycles. The molecule has 5 heteroatoms. The summed E-state index contributed by atoms with van der Waals surface area (Å²) in [4.78, 5) is 11.5. The van der Waals surface area contributed by atoms with Crippen LogP contribution in [0.25, 0.3) is 0 Å². The maximum Gasteiger partial charge on any atom is 0.263 e. The number of nitrogens with zero attached hydrogens (tertiary/aromatic N) is 1. The van der Waals surface area contributed by atoms with E-state index >= 15 is 0 Å². The first-order valence-electron chi connectivity index (χ1n) is 5.24. The molecule has 0 fully saturated rings. The SMILES string of the molecule is Cc1cc(NC(=O)COc2ccccc2)n[nH]1. The van der Waals surface area contributed by atoms with E-state index in [0.29, 0.717) is 11.6 Å².